The Morgan fingerprint density at radius 1 is 1.50 bits per heavy atom. The summed E-state index contributed by atoms with van der Waals surface area (Å²) in [5.41, 5.74) is 0.910. The van der Waals surface area contributed by atoms with Gasteiger partial charge in [0.05, 0.1) is 5.69 Å². The molecule has 1 nitrogen and oxygen atoms in total. The molecule has 0 saturated carbocycles. The Balaban J connectivity index is 2.83. The summed E-state index contributed by atoms with van der Waals surface area (Å²) in [5, 5.41) is 3.92. The van der Waals surface area contributed by atoms with E-state index in [4.69, 9.17) is 0 Å². The first-order valence-electron chi connectivity index (χ1n) is 2.50. The van der Waals surface area contributed by atoms with Crippen molar-refractivity contribution in [1.82, 2.24) is 5.32 Å². The second-order valence-corrected chi connectivity index (χ2v) is 1.47. The first kappa shape index (κ1) is 5.16. The van der Waals surface area contributed by atoms with E-state index >= 15 is 0 Å². The fourth-order valence-corrected chi connectivity index (χ4v) is 0.523. The highest BCUT2D eigenvalue weighted by molar-refractivity contribution is 5.32. The smallest absolute Gasteiger partial charge is 0.0649 e. The van der Waals surface area contributed by atoms with Gasteiger partial charge in [0.15, 0.2) is 0 Å². The molecule has 0 spiro atoms. The van der Waals surface area contributed by atoms with E-state index in [0.717, 1.165) is 5.69 Å². The first-order chi connectivity index (χ1) is 3.93. The summed E-state index contributed by atoms with van der Waals surface area (Å²) >= 11 is 0. The Hall–Kier alpha value is -0.980. The zero-order valence-corrected chi connectivity index (χ0v) is 4.76. The topological polar surface area (TPSA) is 14.1 Å². The summed E-state index contributed by atoms with van der Waals surface area (Å²) in [4.78, 5) is 0. The number of nitrogens with zero attached hydrogens (tertiary/aromatic N) is 1. The Labute approximate surface area is 49.3 Å². The summed E-state index contributed by atoms with van der Waals surface area (Å²) in [5.74, 6) is 0. The van der Waals surface area contributed by atoms with Gasteiger partial charge >= 0.3 is 0 Å². The van der Waals surface area contributed by atoms with Crippen LogP contribution in [0.2, 0.25) is 0 Å². The molecule has 0 bridgehead atoms. The van der Waals surface area contributed by atoms with Crippen molar-refractivity contribution in [1.29, 1.82) is 0 Å². The van der Waals surface area contributed by atoms with Crippen LogP contribution in [-0.2, 0) is 0 Å². The van der Waals surface area contributed by atoms with Crippen LogP contribution in [-0.4, -0.2) is 7.05 Å². The standard InChI is InChI=1S/C7H7N/c1-8-7-5-3-2-4-6-7/h2-5H,1H3. The predicted molar refractivity (Wildman–Crippen MR) is 33.0 cm³/mol. The zero-order chi connectivity index (χ0) is 5.82. The van der Waals surface area contributed by atoms with Gasteiger partial charge in [0.1, 0.15) is 0 Å². The molecule has 40 valence electrons. The van der Waals surface area contributed by atoms with E-state index in [2.05, 4.69) is 11.4 Å². The second kappa shape index (κ2) is 2.36. The highest BCUT2D eigenvalue weighted by Gasteiger charge is 1.81. The fraction of sp³-hybridized carbons (Fsp3) is 0.143. The molecule has 0 saturated heterocycles. The molecule has 1 rings (SSSR count). The minimum absolute atomic E-state index is 0.910. The van der Waals surface area contributed by atoms with Crippen molar-refractivity contribution in [3.63, 3.8) is 0 Å². The third-order valence-electron chi connectivity index (χ3n) is 0.934. The van der Waals surface area contributed by atoms with Crippen LogP contribution in [0.4, 0.5) is 5.69 Å². The maximum absolute atomic E-state index is 3.92. The SMILES string of the molecule is C[N]c1[c]cccc1. The van der Waals surface area contributed by atoms with E-state index in [1.807, 2.05) is 24.3 Å². The molecule has 0 fully saturated rings. The summed E-state index contributed by atoms with van der Waals surface area (Å²) in [6, 6.07) is 10.6. The Kier molecular flexibility index (Phi) is 1.52. The molecule has 0 aliphatic rings. The summed E-state index contributed by atoms with van der Waals surface area (Å²) in [6.45, 7) is 0. The first-order valence-corrected chi connectivity index (χ1v) is 2.50. The molecule has 2 radical (unpaired) electrons. The van der Waals surface area contributed by atoms with Gasteiger partial charge in [-0.3, -0.25) is 5.32 Å². The Morgan fingerprint density at radius 3 is 2.75 bits per heavy atom. The van der Waals surface area contributed by atoms with E-state index in [-0.39, 0.29) is 0 Å². The van der Waals surface area contributed by atoms with E-state index in [9.17, 15) is 0 Å². The quantitative estimate of drug-likeness (QED) is 0.512. The van der Waals surface area contributed by atoms with E-state index in [1.54, 1.807) is 7.05 Å². The number of para-hydroxylation sites is 1. The molecular formula is C7H7N. The summed E-state index contributed by atoms with van der Waals surface area (Å²) in [7, 11) is 1.76. The molecule has 0 amide bonds. The molecule has 1 aromatic carbocycles. The summed E-state index contributed by atoms with van der Waals surface area (Å²) < 4.78 is 0. The lowest BCUT2D eigenvalue weighted by Gasteiger charge is -1.89. The highest BCUT2D eigenvalue weighted by atomic mass is 14.8. The van der Waals surface area contributed by atoms with Gasteiger partial charge in [-0.05, 0) is 6.07 Å². The fourth-order valence-electron chi connectivity index (χ4n) is 0.523. The van der Waals surface area contributed by atoms with Gasteiger partial charge in [-0.2, -0.15) is 0 Å². The lowest BCUT2D eigenvalue weighted by Crippen LogP contribution is -1.83. The normalized spacial score (nSPS) is 8.62. The van der Waals surface area contributed by atoms with Crippen molar-refractivity contribution in [2.45, 2.75) is 0 Å². The van der Waals surface area contributed by atoms with Crippen LogP contribution in [0.3, 0.4) is 0 Å². The largest absolute Gasteiger partial charge is 0.288 e. The Bertz CT molecular complexity index is 146. The van der Waals surface area contributed by atoms with Crippen molar-refractivity contribution in [3.8, 4) is 0 Å². The van der Waals surface area contributed by atoms with Crippen LogP contribution in [0.1, 0.15) is 0 Å². The van der Waals surface area contributed by atoms with Gasteiger partial charge in [0.25, 0.3) is 0 Å². The second-order valence-electron chi connectivity index (χ2n) is 1.47. The van der Waals surface area contributed by atoms with Crippen LogP contribution >= 0.6 is 0 Å². The van der Waals surface area contributed by atoms with Crippen molar-refractivity contribution in [2.75, 3.05) is 7.05 Å². The van der Waals surface area contributed by atoms with Gasteiger partial charge < -0.3 is 0 Å². The molecule has 0 aliphatic heterocycles. The molecule has 0 aliphatic carbocycles. The van der Waals surface area contributed by atoms with Crippen LogP contribution in [0.5, 0.6) is 0 Å². The number of hydrogen-bond donors (Lipinski definition) is 0. The van der Waals surface area contributed by atoms with Gasteiger partial charge in [0.2, 0.25) is 0 Å². The third-order valence-corrected chi connectivity index (χ3v) is 0.934. The molecule has 8 heavy (non-hydrogen) atoms. The monoisotopic (exact) mass is 105 g/mol. The minimum atomic E-state index is 0.910. The predicted octanol–water partition coefficient (Wildman–Crippen LogP) is 1.35. The zero-order valence-electron chi connectivity index (χ0n) is 4.76. The molecule has 0 unspecified atom stereocenters. The average molecular weight is 105 g/mol. The molecular weight excluding hydrogens is 98.1 g/mol. The summed E-state index contributed by atoms with van der Waals surface area (Å²) in [6.07, 6.45) is 0. The Morgan fingerprint density at radius 2 is 2.38 bits per heavy atom. The van der Waals surface area contributed by atoms with E-state index in [0.29, 0.717) is 0 Å². The van der Waals surface area contributed by atoms with Crippen LogP contribution in [0.25, 0.3) is 0 Å². The molecule has 1 aromatic rings. The van der Waals surface area contributed by atoms with Crippen molar-refractivity contribution >= 4 is 5.69 Å². The van der Waals surface area contributed by atoms with Crippen LogP contribution in [0.15, 0.2) is 24.3 Å². The van der Waals surface area contributed by atoms with E-state index < -0.39 is 0 Å². The molecule has 0 N–H and O–H groups in total. The lowest BCUT2D eigenvalue weighted by molar-refractivity contribution is 1.09. The molecule has 0 heterocycles. The number of hydrogen-bond acceptors (Lipinski definition) is 0. The maximum atomic E-state index is 3.92. The average Bonchev–Trinajstić information content (AvgIpc) is 1.90. The minimum Gasteiger partial charge on any atom is -0.288 e. The van der Waals surface area contributed by atoms with Crippen molar-refractivity contribution < 1.29 is 0 Å². The third kappa shape index (κ3) is 0.997. The number of benzene rings is 1. The van der Waals surface area contributed by atoms with Gasteiger partial charge in [-0.25, -0.2) is 0 Å². The highest BCUT2D eigenvalue weighted by Crippen LogP contribution is 2.00. The maximum Gasteiger partial charge on any atom is 0.0649 e. The molecule has 1 heteroatoms. The van der Waals surface area contributed by atoms with Crippen LogP contribution in [0, 0.1) is 6.07 Å². The van der Waals surface area contributed by atoms with Gasteiger partial charge in [-0.1, -0.05) is 18.2 Å². The lowest BCUT2D eigenvalue weighted by atomic mass is 10.3. The van der Waals surface area contributed by atoms with Gasteiger partial charge in [0, 0.05) is 13.1 Å². The van der Waals surface area contributed by atoms with Crippen molar-refractivity contribution in [3.05, 3.63) is 30.3 Å². The van der Waals surface area contributed by atoms with Crippen LogP contribution < -0.4 is 5.32 Å². The molecule has 0 aromatic heterocycles. The number of rotatable bonds is 1. The van der Waals surface area contributed by atoms with Crippen molar-refractivity contribution in [2.24, 2.45) is 0 Å². The van der Waals surface area contributed by atoms with E-state index in [1.165, 1.54) is 0 Å². The molecule has 0 atom stereocenters. The van der Waals surface area contributed by atoms with Gasteiger partial charge in [-0.15, -0.1) is 0 Å².